The quantitative estimate of drug-likeness (QED) is 0.750. The molecule has 1 N–H and O–H groups in total. The van der Waals surface area contributed by atoms with Crippen LogP contribution in [0.25, 0.3) is 0 Å². The van der Waals surface area contributed by atoms with Gasteiger partial charge in [0, 0.05) is 29.7 Å². The fourth-order valence-electron chi connectivity index (χ4n) is 2.75. The molecule has 0 atom stereocenters. The minimum absolute atomic E-state index is 0.168. The van der Waals surface area contributed by atoms with Gasteiger partial charge in [0.25, 0.3) is 0 Å². The Morgan fingerprint density at radius 3 is 2.62 bits per heavy atom. The van der Waals surface area contributed by atoms with Gasteiger partial charge in [-0.15, -0.1) is 11.3 Å². The second-order valence-electron chi connectivity index (χ2n) is 6.31. The molecule has 0 bridgehead atoms. The second-order valence-corrected chi connectivity index (χ2v) is 7.57. The highest BCUT2D eigenvalue weighted by Gasteiger charge is 2.19. The molecule has 142 valence electrons. The van der Waals surface area contributed by atoms with E-state index in [0.29, 0.717) is 23.7 Å². The average Bonchev–Trinajstić information content (AvgIpc) is 3.02. The number of ether oxygens (including phenoxy) is 1. The van der Waals surface area contributed by atoms with Crippen molar-refractivity contribution >= 4 is 28.2 Å². The van der Waals surface area contributed by atoms with Crippen LogP contribution in [0.2, 0.25) is 0 Å². The van der Waals surface area contributed by atoms with Gasteiger partial charge < -0.3 is 10.1 Å². The molecule has 0 aliphatic carbocycles. The number of anilines is 1. The zero-order valence-electron chi connectivity index (χ0n) is 16.2. The lowest BCUT2D eigenvalue weighted by atomic mass is 10.2. The summed E-state index contributed by atoms with van der Waals surface area (Å²) in [5.41, 5.74) is 3.59. The SMILES string of the molecule is CCOC(=O)c1cc(C)sc1NC(=O)CN(C)Cc1c(C)nn(C)c1C. The Bertz CT molecular complexity index is 810. The van der Waals surface area contributed by atoms with Gasteiger partial charge in [-0.1, -0.05) is 0 Å². The van der Waals surface area contributed by atoms with Gasteiger partial charge in [0.1, 0.15) is 5.00 Å². The van der Waals surface area contributed by atoms with Crippen LogP contribution in [0, 0.1) is 20.8 Å². The van der Waals surface area contributed by atoms with Crippen molar-refractivity contribution < 1.29 is 14.3 Å². The van der Waals surface area contributed by atoms with E-state index >= 15 is 0 Å². The van der Waals surface area contributed by atoms with Crippen molar-refractivity contribution in [3.05, 3.63) is 33.5 Å². The van der Waals surface area contributed by atoms with Gasteiger partial charge in [-0.3, -0.25) is 14.4 Å². The second kappa shape index (κ2) is 8.46. The van der Waals surface area contributed by atoms with Crippen LogP contribution in [-0.4, -0.2) is 46.8 Å². The fourth-order valence-corrected chi connectivity index (χ4v) is 3.67. The normalized spacial score (nSPS) is 11.0. The molecule has 0 spiro atoms. The van der Waals surface area contributed by atoms with Crippen molar-refractivity contribution in [3.63, 3.8) is 0 Å². The third-order valence-electron chi connectivity index (χ3n) is 4.10. The van der Waals surface area contributed by atoms with Crippen LogP contribution in [-0.2, 0) is 23.1 Å². The van der Waals surface area contributed by atoms with Crippen LogP contribution in [0.3, 0.4) is 0 Å². The summed E-state index contributed by atoms with van der Waals surface area (Å²) >= 11 is 1.37. The van der Waals surface area contributed by atoms with Gasteiger partial charge >= 0.3 is 5.97 Å². The van der Waals surface area contributed by atoms with Crippen LogP contribution < -0.4 is 5.32 Å². The molecule has 0 unspecified atom stereocenters. The molecule has 2 heterocycles. The summed E-state index contributed by atoms with van der Waals surface area (Å²) in [5.74, 6) is -0.582. The number of hydrogen-bond acceptors (Lipinski definition) is 6. The topological polar surface area (TPSA) is 76.5 Å². The lowest BCUT2D eigenvalue weighted by Crippen LogP contribution is -2.30. The average molecular weight is 378 g/mol. The summed E-state index contributed by atoms with van der Waals surface area (Å²) in [4.78, 5) is 27.3. The number of esters is 1. The third-order valence-corrected chi connectivity index (χ3v) is 5.07. The number of hydrogen-bond donors (Lipinski definition) is 1. The number of nitrogens with zero attached hydrogens (tertiary/aromatic N) is 3. The van der Waals surface area contributed by atoms with E-state index in [1.807, 2.05) is 44.4 Å². The maximum Gasteiger partial charge on any atom is 0.341 e. The monoisotopic (exact) mass is 378 g/mol. The maximum absolute atomic E-state index is 12.4. The summed E-state index contributed by atoms with van der Waals surface area (Å²) in [6.45, 7) is 8.78. The molecule has 0 saturated heterocycles. The number of nitrogens with one attached hydrogen (secondary N) is 1. The number of likely N-dealkylation sites (N-methyl/N-ethyl adjacent to an activating group) is 1. The van der Waals surface area contributed by atoms with Crippen LogP contribution in [0.4, 0.5) is 5.00 Å². The number of thiophene rings is 1. The predicted molar refractivity (Wildman–Crippen MR) is 103 cm³/mol. The molecule has 0 aromatic carbocycles. The van der Waals surface area contributed by atoms with E-state index in [0.717, 1.165) is 21.8 Å². The van der Waals surface area contributed by atoms with Crippen LogP contribution >= 0.6 is 11.3 Å². The molecular weight excluding hydrogens is 352 g/mol. The van der Waals surface area contributed by atoms with Crippen molar-refractivity contribution in [2.45, 2.75) is 34.2 Å². The molecule has 0 aliphatic rings. The van der Waals surface area contributed by atoms with Crippen LogP contribution in [0.1, 0.15) is 39.1 Å². The lowest BCUT2D eigenvalue weighted by Gasteiger charge is -2.16. The first-order valence-electron chi connectivity index (χ1n) is 8.47. The Kier molecular flexibility index (Phi) is 6.55. The molecule has 8 heteroatoms. The van der Waals surface area contributed by atoms with Crippen molar-refractivity contribution in [1.82, 2.24) is 14.7 Å². The lowest BCUT2D eigenvalue weighted by molar-refractivity contribution is -0.117. The number of carbonyl (C=O) groups excluding carboxylic acids is 2. The predicted octanol–water partition coefficient (Wildman–Crippen LogP) is 2.65. The van der Waals surface area contributed by atoms with Crippen LogP contribution in [0.5, 0.6) is 0 Å². The Labute approximate surface area is 157 Å². The largest absolute Gasteiger partial charge is 0.462 e. The third kappa shape index (κ3) is 4.70. The fraction of sp³-hybridized carbons (Fsp3) is 0.500. The molecule has 0 radical (unpaired) electrons. The Balaban J connectivity index is 2.01. The molecule has 2 rings (SSSR count). The smallest absolute Gasteiger partial charge is 0.341 e. The van der Waals surface area contributed by atoms with Gasteiger partial charge in [0.2, 0.25) is 5.91 Å². The van der Waals surface area contributed by atoms with E-state index in [1.54, 1.807) is 13.0 Å². The van der Waals surface area contributed by atoms with Crippen molar-refractivity contribution in [3.8, 4) is 0 Å². The van der Waals surface area contributed by atoms with Gasteiger partial charge in [-0.05, 0) is 40.8 Å². The van der Waals surface area contributed by atoms with E-state index in [2.05, 4.69) is 10.4 Å². The molecule has 0 saturated carbocycles. The van der Waals surface area contributed by atoms with E-state index in [4.69, 9.17) is 4.74 Å². The van der Waals surface area contributed by atoms with Gasteiger partial charge in [-0.25, -0.2) is 4.79 Å². The van der Waals surface area contributed by atoms with Gasteiger partial charge in [0.05, 0.1) is 24.4 Å². The number of carbonyl (C=O) groups is 2. The summed E-state index contributed by atoms with van der Waals surface area (Å²) in [7, 11) is 3.80. The van der Waals surface area contributed by atoms with Gasteiger partial charge in [-0.2, -0.15) is 5.10 Å². The number of amides is 1. The Hall–Kier alpha value is -2.19. The maximum atomic E-state index is 12.4. The van der Waals surface area contributed by atoms with Crippen molar-refractivity contribution in [2.24, 2.45) is 7.05 Å². The molecule has 0 aliphatic heterocycles. The first kappa shape index (κ1) is 20.1. The molecule has 0 fully saturated rings. The van der Waals surface area contributed by atoms with E-state index < -0.39 is 5.97 Å². The molecular formula is C18H26N4O3S. The highest BCUT2D eigenvalue weighted by molar-refractivity contribution is 7.16. The number of aromatic nitrogens is 2. The zero-order chi connectivity index (χ0) is 19.4. The zero-order valence-corrected chi connectivity index (χ0v) is 17.0. The Morgan fingerprint density at radius 2 is 2.04 bits per heavy atom. The van der Waals surface area contributed by atoms with E-state index in [-0.39, 0.29) is 12.5 Å². The van der Waals surface area contributed by atoms with Crippen LogP contribution in [0.15, 0.2) is 6.07 Å². The molecule has 2 aromatic heterocycles. The number of aryl methyl sites for hydroxylation is 3. The molecule has 7 nitrogen and oxygen atoms in total. The minimum Gasteiger partial charge on any atom is -0.462 e. The minimum atomic E-state index is -0.415. The molecule has 26 heavy (non-hydrogen) atoms. The highest BCUT2D eigenvalue weighted by Crippen LogP contribution is 2.28. The van der Waals surface area contributed by atoms with Crippen molar-refractivity contribution in [1.29, 1.82) is 0 Å². The Morgan fingerprint density at radius 1 is 1.35 bits per heavy atom. The van der Waals surface area contributed by atoms with E-state index in [9.17, 15) is 9.59 Å². The van der Waals surface area contributed by atoms with Gasteiger partial charge in [0.15, 0.2) is 0 Å². The summed E-state index contributed by atoms with van der Waals surface area (Å²) in [5, 5.41) is 7.77. The highest BCUT2D eigenvalue weighted by atomic mass is 32.1. The van der Waals surface area contributed by atoms with Crippen molar-refractivity contribution in [2.75, 3.05) is 25.5 Å². The summed E-state index contributed by atoms with van der Waals surface area (Å²) < 4.78 is 6.89. The number of rotatable bonds is 7. The summed E-state index contributed by atoms with van der Waals surface area (Å²) in [6, 6.07) is 1.74. The molecule has 1 amide bonds. The molecule has 2 aromatic rings. The van der Waals surface area contributed by atoms with E-state index in [1.165, 1.54) is 11.3 Å². The first-order chi connectivity index (χ1) is 12.2. The standard InChI is InChI=1S/C18H26N4O3S/c1-7-25-18(24)14-8-11(2)26-17(14)19-16(23)10-21(5)9-15-12(3)20-22(6)13(15)4/h8H,7,9-10H2,1-6H3,(H,19,23). The summed E-state index contributed by atoms with van der Waals surface area (Å²) in [6.07, 6.45) is 0. The first-order valence-corrected chi connectivity index (χ1v) is 9.29.